The van der Waals surface area contributed by atoms with Crippen molar-refractivity contribution in [2.24, 2.45) is 0 Å². The minimum Gasteiger partial charge on any atom is -0.478 e. The number of carboxylic acid groups (broad SMARTS) is 1. The Bertz CT molecular complexity index is 420. The fourth-order valence-corrected chi connectivity index (χ4v) is 2.21. The second-order valence-corrected chi connectivity index (χ2v) is 4.87. The van der Waals surface area contributed by atoms with Crippen LogP contribution in [0.3, 0.4) is 0 Å². The van der Waals surface area contributed by atoms with E-state index in [-0.39, 0.29) is 5.91 Å². The molecule has 1 rings (SSSR count). The predicted octanol–water partition coefficient (Wildman–Crippen LogP) is 0.689. The lowest BCUT2D eigenvalue weighted by Crippen LogP contribution is -2.29. The average molecular weight is 286 g/mol. The second kappa shape index (κ2) is 8.63. The van der Waals surface area contributed by atoms with Crippen molar-refractivity contribution in [3.63, 3.8) is 0 Å². The smallest absolute Gasteiger partial charge is 0.336 e. The highest BCUT2D eigenvalue weighted by Gasteiger charge is 2.06. The van der Waals surface area contributed by atoms with Crippen molar-refractivity contribution >= 4 is 23.2 Å². The van der Waals surface area contributed by atoms with Crippen LogP contribution in [0.15, 0.2) is 11.4 Å². The van der Waals surface area contributed by atoms with Crippen LogP contribution >= 0.6 is 11.3 Å². The van der Waals surface area contributed by atoms with Crippen molar-refractivity contribution in [2.45, 2.75) is 13.0 Å². The molecule has 7 heteroatoms. The van der Waals surface area contributed by atoms with Crippen LogP contribution in [0, 0.1) is 0 Å². The van der Waals surface area contributed by atoms with E-state index in [1.807, 2.05) is 0 Å². The summed E-state index contributed by atoms with van der Waals surface area (Å²) in [6.45, 7) is 2.15. The Hall–Kier alpha value is -1.44. The highest BCUT2D eigenvalue weighted by Crippen LogP contribution is 2.14. The van der Waals surface area contributed by atoms with Crippen LogP contribution in [0.25, 0.3) is 0 Å². The third kappa shape index (κ3) is 6.32. The molecule has 0 radical (unpaired) electrons. The molecule has 3 N–H and O–H groups in total. The molecule has 106 valence electrons. The zero-order valence-corrected chi connectivity index (χ0v) is 11.6. The van der Waals surface area contributed by atoms with Crippen molar-refractivity contribution < 1.29 is 19.4 Å². The van der Waals surface area contributed by atoms with Gasteiger partial charge in [-0.2, -0.15) is 0 Å². The van der Waals surface area contributed by atoms with Crippen molar-refractivity contribution in [1.29, 1.82) is 0 Å². The Kier molecular flexibility index (Phi) is 7.09. The fraction of sp³-hybridized carbons (Fsp3) is 0.500. The van der Waals surface area contributed by atoms with E-state index in [4.69, 9.17) is 9.84 Å². The normalized spacial score (nSPS) is 10.4. The number of rotatable bonds is 9. The van der Waals surface area contributed by atoms with Crippen LogP contribution in [0.2, 0.25) is 0 Å². The molecule has 1 aromatic heterocycles. The van der Waals surface area contributed by atoms with Crippen molar-refractivity contribution in [1.82, 2.24) is 10.6 Å². The van der Waals surface area contributed by atoms with E-state index >= 15 is 0 Å². The number of thiophene rings is 1. The van der Waals surface area contributed by atoms with Crippen LogP contribution in [0.5, 0.6) is 0 Å². The summed E-state index contributed by atoms with van der Waals surface area (Å²) in [6, 6.07) is 1.64. The number of carboxylic acids is 1. The first kappa shape index (κ1) is 15.6. The minimum atomic E-state index is -0.917. The van der Waals surface area contributed by atoms with Gasteiger partial charge in [-0.1, -0.05) is 0 Å². The van der Waals surface area contributed by atoms with E-state index in [9.17, 15) is 9.59 Å². The topological polar surface area (TPSA) is 87.7 Å². The maximum atomic E-state index is 11.3. The van der Waals surface area contributed by atoms with E-state index in [2.05, 4.69) is 10.6 Å². The lowest BCUT2D eigenvalue weighted by Gasteiger charge is -2.05. The number of nitrogens with one attached hydrogen (secondary N) is 2. The summed E-state index contributed by atoms with van der Waals surface area (Å²) in [6.07, 6.45) is 0.390. The molecular formula is C12H18N2O4S. The number of aromatic carboxylic acids is 1. The lowest BCUT2D eigenvalue weighted by atomic mass is 10.3. The number of hydrogen-bond donors (Lipinski definition) is 3. The molecule has 0 aliphatic heterocycles. The highest BCUT2D eigenvalue weighted by atomic mass is 32.1. The number of carbonyl (C=O) groups excluding carboxylic acids is 1. The van der Waals surface area contributed by atoms with Gasteiger partial charge in [0.25, 0.3) is 0 Å². The predicted molar refractivity (Wildman–Crippen MR) is 72.5 cm³/mol. The molecule has 1 amide bonds. The number of amides is 1. The molecule has 0 saturated heterocycles. The van der Waals surface area contributed by atoms with Crippen LogP contribution < -0.4 is 10.6 Å². The third-order valence-corrected chi connectivity index (χ3v) is 3.29. The first-order chi connectivity index (χ1) is 9.13. The number of hydrogen-bond acceptors (Lipinski definition) is 5. The minimum absolute atomic E-state index is 0.0260. The van der Waals surface area contributed by atoms with E-state index in [1.165, 1.54) is 11.3 Å². The van der Waals surface area contributed by atoms with Gasteiger partial charge in [-0.05, 0) is 6.07 Å². The van der Waals surface area contributed by atoms with Crippen LogP contribution in [-0.2, 0) is 16.1 Å². The third-order valence-electron chi connectivity index (χ3n) is 2.36. The summed E-state index contributed by atoms with van der Waals surface area (Å²) in [5.74, 6) is -0.943. The molecule has 0 unspecified atom stereocenters. The lowest BCUT2D eigenvalue weighted by molar-refractivity contribution is -0.121. The van der Waals surface area contributed by atoms with Gasteiger partial charge in [0.2, 0.25) is 5.91 Å². The van der Waals surface area contributed by atoms with Crippen LogP contribution in [-0.4, -0.2) is 43.8 Å². The van der Waals surface area contributed by atoms with E-state index in [1.54, 1.807) is 18.6 Å². The van der Waals surface area contributed by atoms with Crippen LogP contribution in [0.4, 0.5) is 0 Å². The van der Waals surface area contributed by atoms with Gasteiger partial charge in [0.1, 0.15) is 0 Å². The molecule has 0 bridgehead atoms. The quantitative estimate of drug-likeness (QED) is 0.581. The summed E-state index contributed by atoms with van der Waals surface area (Å²) >= 11 is 1.39. The Morgan fingerprint density at radius 2 is 2.21 bits per heavy atom. The molecule has 0 fully saturated rings. The highest BCUT2D eigenvalue weighted by molar-refractivity contribution is 7.10. The van der Waals surface area contributed by atoms with Gasteiger partial charge < -0.3 is 20.5 Å². The van der Waals surface area contributed by atoms with Gasteiger partial charge in [0, 0.05) is 43.4 Å². The number of ether oxygens (including phenoxy) is 1. The molecule has 0 spiro atoms. The molecular weight excluding hydrogens is 268 g/mol. The first-order valence-electron chi connectivity index (χ1n) is 5.90. The Morgan fingerprint density at radius 1 is 1.42 bits per heavy atom. The average Bonchev–Trinajstić information content (AvgIpc) is 2.84. The molecule has 0 atom stereocenters. The Labute approximate surface area is 115 Å². The van der Waals surface area contributed by atoms with E-state index in [0.717, 1.165) is 4.88 Å². The molecule has 0 aromatic carbocycles. The molecule has 1 aromatic rings. The Morgan fingerprint density at radius 3 is 2.84 bits per heavy atom. The fourth-order valence-electron chi connectivity index (χ4n) is 1.38. The van der Waals surface area contributed by atoms with Gasteiger partial charge in [0.15, 0.2) is 0 Å². The van der Waals surface area contributed by atoms with Gasteiger partial charge in [-0.3, -0.25) is 4.79 Å². The van der Waals surface area contributed by atoms with Crippen molar-refractivity contribution in [3.8, 4) is 0 Å². The van der Waals surface area contributed by atoms with Crippen molar-refractivity contribution in [3.05, 3.63) is 21.9 Å². The SMILES string of the molecule is COCCNC(=O)CCNCc1cc(C(=O)O)cs1. The zero-order valence-electron chi connectivity index (χ0n) is 10.8. The second-order valence-electron chi connectivity index (χ2n) is 3.88. The molecule has 0 saturated carbocycles. The molecule has 0 aliphatic carbocycles. The molecule has 0 aliphatic rings. The van der Waals surface area contributed by atoms with Crippen molar-refractivity contribution in [2.75, 3.05) is 26.8 Å². The number of methoxy groups -OCH3 is 1. The van der Waals surface area contributed by atoms with Gasteiger partial charge in [-0.25, -0.2) is 4.79 Å². The summed E-state index contributed by atoms with van der Waals surface area (Å²) in [5, 5.41) is 16.2. The molecule has 1 heterocycles. The van der Waals surface area contributed by atoms with Gasteiger partial charge >= 0.3 is 5.97 Å². The van der Waals surface area contributed by atoms with E-state index < -0.39 is 5.97 Å². The summed E-state index contributed by atoms with van der Waals surface area (Å²) in [5.41, 5.74) is 0.305. The van der Waals surface area contributed by atoms with Gasteiger partial charge in [0.05, 0.1) is 12.2 Å². The molecule has 19 heavy (non-hydrogen) atoms. The number of carbonyl (C=O) groups is 2. The van der Waals surface area contributed by atoms with Gasteiger partial charge in [-0.15, -0.1) is 11.3 Å². The maximum absolute atomic E-state index is 11.3. The summed E-state index contributed by atoms with van der Waals surface area (Å²) in [7, 11) is 1.58. The maximum Gasteiger partial charge on any atom is 0.336 e. The monoisotopic (exact) mass is 286 g/mol. The molecule has 6 nitrogen and oxygen atoms in total. The largest absolute Gasteiger partial charge is 0.478 e. The Balaban J connectivity index is 2.13. The summed E-state index contributed by atoms with van der Waals surface area (Å²) in [4.78, 5) is 23.0. The summed E-state index contributed by atoms with van der Waals surface area (Å²) < 4.78 is 4.82. The zero-order chi connectivity index (χ0) is 14.1. The standard InChI is InChI=1S/C12H18N2O4S/c1-18-5-4-14-11(15)2-3-13-7-10-6-9(8-19-10)12(16)17/h6,8,13H,2-5,7H2,1H3,(H,14,15)(H,16,17). The van der Waals surface area contributed by atoms with E-state index in [0.29, 0.717) is 38.2 Å². The first-order valence-corrected chi connectivity index (χ1v) is 6.78. The van der Waals surface area contributed by atoms with Crippen LogP contribution in [0.1, 0.15) is 21.7 Å².